The number of nitrogens with one attached hydrogen (secondary N) is 1. The number of likely N-dealkylation sites (N-methyl/N-ethyl adjacent to an activating group) is 1. The summed E-state index contributed by atoms with van der Waals surface area (Å²) in [5, 5.41) is 3.34. The summed E-state index contributed by atoms with van der Waals surface area (Å²) < 4.78 is 0. The minimum absolute atomic E-state index is 0.782. The molecule has 17 heavy (non-hydrogen) atoms. The molecule has 0 saturated carbocycles. The van der Waals surface area contributed by atoms with Crippen LogP contribution in [0.5, 0.6) is 0 Å². The predicted molar refractivity (Wildman–Crippen MR) is 75.7 cm³/mol. The first-order valence-electron chi connectivity index (χ1n) is 6.18. The van der Waals surface area contributed by atoms with E-state index in [0.29, 0.717) is 0 Å². The summed E-state index contributed by atoms with van der Waals surface area (Å²) in [4.78, 5) is 2.38. The monoisotopic (exact) mass is 233 g/mol. The van der Waals surface area contributed by atoms with Gasteiger partial charge in [-0.05, 0) is 30.8 Å². The maximum absolute atomic E-state index is 5.65. The second-order valence-electron chi connectivity index (χ2n) is 4.05. The van der Waals surface area contributed by atoms with Crippen LogP contribution in [0.2, 0.25) is 0 Å². The Bertz CT molecular complexity index is 339. The third kappa shape index (κ3) is 4.49. The van der Waals surface area contributed by atoms with E-state index in [0.717, 1.165) is 43.1 Å². The lowest BCUT2D eigenvalue weighted by molar-refractivity contribution is 0.308. The van der Waals surface area contributed by atoms with E-state index in [1.54, 1.807) is 0 Å². The lowest BCUT2D eigenvalue weighted by Gasteiger charge is -2.19. The van der Waals surface area contributed by atoms with Crippen molar-refractivity contribution < 1.29 is 0 Å². The minimum Gasteiger partial charge on any atom is -0.399 e. The molecule has 0 unspecified atom stereocenters. The first kappa shape index (κ1) is 13.6. The molecular formula is C14H23N3. The van der Waals surface area contributed by atoms with Crippen LogP contribution in [-0.4, -0.2) is 31.1 Å². The van der Waals surface area contributed by atoms with E-state index in [1.165, 1.54) is 0 Å². The van der Waals surface area contributed by atoms with Crippen molar-refractivity contribution in [3.63, 3.8) is 0 Å². The quantitative estimate of drug-likeness (QED) is 0.709. The molecule has 3 nitrogen and oxygen atoms in total. The third-order valence-corrected chi connectivity index (χ3v) is 2.92. The van der Waals surface area contributed by atoms with E-state index in [9.17, 15) is 0 Å². The van der Waals surface area contributed by atoms with Crippen molar-refractivity contribution in [3.05, 3.63) is 36.4 Å². The van der Waals surface area contributed by atoms with E-state index in [2.05, 4.69) is 30.6 Å². The van der Waals surface area contributed by atoms with E-state index in [4.69, 9.17) is 5.73 Å². The first-order chi connectivity index (χ1) is 8.17. The normalized spacial score (nSPS) is 10.5. The Kier molecular flexibility index (Phi) is 5.57. The molecule has 0 aliphatic carbocycles. The zero-order valence-corrected chi connectivity index (χ0v) is 10.9. The van der Waals surface area contributed by atoms with Gasteiger partial charge in [-0.25, -0.2) is 0 Å². The Hall–Kier alpha value is -1.48. The largest absolute Gasteiger partial charge is 0.399 e. The number of nitrogen functional groups attached to an aromatic ring is 1. The molecule has 0 amide bonds. The maximum atomic E-state index is 5.65. The van der Waals surface area contributed by atoms with Gasteiger partial charge in [-0.1, -0.05) is 32.6 Å². The van der Waals surface area contributed by atoms with Gasteiger partial charge in [0.25, 0.3) is 0 Å². The average Bonchev–Trinajstić information content (AvgIpc) is 2.35. The van der Waals surface area contributed by atoms with E-state index < -0.39 is 0 Å². The van der Waals surface area contributed by atoms with Crippen LogP contribution in [0.4, 0.5) is 5.69 Å². The topological polar surface area (TPSA) is 41.3 Å². The van der Waals surface area contributed by atoms with Gasteiger partial charge in [0.05, 0.1) is 0 Å². The van der Waals surface area contributed by atoms with Crippen LogP contribution in [-0.2, 0) is 0 Å². The molecule has 0 bridgehead atoms. The standard InChI is InChI=1S/C14H23N3/c1-4-17(5-2)11-10-16-12(3)13-6-8-14(15)9-7-13/h6-9,16H,3-5,10-11,15H2,1-2H3. The van der Waals surface area contributed by atoms with Gasteiger partial charge in [0.2, 0.25) is 0 Å². The van der Waals surface area contributed by atoms with Crippen LogP contribution in [0.15, 0.2) is 30.8 Å². The maximum Gasteiger partial charge on any atom is 0.0341 e. The third-order valence-electron chi connectivity index (χ3n) is 2.92. The molecule has 1 rings (SSSR count). The molecule has 94 valence electrons. The molecule has 1 aromatic rings. The predicted octanol–water partition coefficient (Wildman–Crippen LogP) is 2.17. The molecule has 0 saturated heterocycles. The number of anilines is 1. The number of hydrogen-bond donors (Lipinski definition) is 2. The van der Waals surface area contributed by atoms with Crippen LogP contribution in [0.25, 0.3) is 5.70 Å². The van der Waals surface area contributed by atoms with Gasteiger partial charge in [0.1, 0.15) is 0 Å². The molecule has 0 atom stereocenters. The van der Waals surface area contributed by atoms with Crippen LogP contribution >= 0.6 is 0 Å². The van der Waals surface area contributed by atoms with Crippen molar-refractivity contribution in [2.24, 2.45) is 0 Å². The van der Waals surface area contributed by atoms with E-state index >= 15 is 0 Å². The summed E-state index contributed by atoms with van der Waals surface area (Å²) in [7, 11) is 0. The fourth-order valence-corrected chi connectivity index (χ4v) is 1.69. The first-order valence-corrected chi connectivity index (χ1v) is 6.18. The molecule has 3 N–H and O–H groups in total. The Morgan fingerprint density at radius 3 is 2.35 bits per heavy atom. The van der Waals surface area contributed by atoms with E-state index in [1.807, 2.05) is 24.3 Å². The molecular weight excluding hydrogens is 210 g/mol. The summed E-state index contributed by atoms with van der Waals surface area (Å²) in [5.41, 5.74) is 8.48. The van der Waals surface area contributed by atoms with Gasteiger partial charge in [-0.3, -0.25) is 0 Å². The van der Waals surface area contributed by atoms with Crippen molar-refractivity contribution in [2.45, 2.75) is 13.8 Å². The highest BCUT2D eigenvalue weighted by Crippen LogP contribution is 2.11. The van der Waals surface area contributed by atoms with Crippen molar-refractivity contribution in [1.29, 1.82) is 0 Å². The Morgan fingerprint density at radius 1 is 1.24 bits per heavy atom. The van der Waals surface area contributed by atoms with Gasteiger partial charge in [0, 0.05) is 24.5 Å². The Balaban J connectivity index is 2.37. The summed E-state index contributed by atoms with van der Waals surface area (Å²) in [6, 6.07) is 7.77. The fraction of sp³-hybridized carbons (Fsp3) is 0.429. The van der Waals surface area contributed by atoms with Gasteiger partial charge >= 0.3 is 0 Å². The van der Waals surface area contributed by atoms with Crippen LogP contribution < -0.4 is 11.1 Å². The van der Waals surface area contributed by atoms with Gasteiger partial charge in [-0.2, -0.15) is 0 Å². The number of nitrogens with two attached hydrogens (primary N) is 1. The summed E-state index contributed by atoms with van der Waals surface area (Å²) in [6.07, 6.45) is 0. The van der Waals surface area contributed by atoms with Crippen molar-refractivity contribution in [2.75, 3.05) is 31.9 Å². The SMILES string of the molecule is C=C(NCCN(CC)CC)c1ccc(N)cc1. The van der Waals surface area contributed by atoms with Crippen molar-refractivity contribution in [1.82, 2.24) is 10.2 Å². The average molecular weight is 233 g/mol. The lowest BCUT2D eigenvalue weighted by atomic mass is 10.1. The molecule has 0 fully saturated rings. The van der Waals surface area contributed by atoms with Crippen LogP contribution in [0.1, 0.15) is 19.4 Å². The second-order valence-corrected chi connectivity index (χ2v) is 4.05. The highest BCUT2D eigenvalue weighted by molar-refractivity contribution is 5.63. The molecule has 0 radical (unpaired) electrons. The second kappa shape index (κ2) is 6.97. The van der Waals surface area contributed by atoms with Gasteiger partial charge in [0.15, 0.2) is 0 Å². The molecule has 0 spiro atoms. The van der Waals surface area contributed by atoms with Crippen LogP contribution in [0.3, 0.4) is 0 Å². The Labute approximate surface area is 104 Å². The summed E-state index contributed by atoms with van der Waals surface area (Å²) in [5.74, 6) is 0. The van der Waals surface area contributed by atoms with E-state index in [-0.39, 0.29) is 0 Å². The van der Waals surface area contributed by atoms with Crippen molar-refractivity contribution in [3.8, 4) is 0 Å². The lowest BCUT2D eigenvalue weighted by Crippen LogP contribution is -2.31. The number of rotatable bonds is 7. The van der Waals surface area contributed by atoms with Crippen LogP contribution in [0, 0.1) is 0 Å². The molecule has 1 aromatic carbocycles. The molecule has 3 heteroatoms. The summed E-state index contributed by atoms with van der Waals surface area (Å²) in [6.45, 7) is 12.5. The molecule has 0 aromatic heterocycles. The smallest absolute Gasteiger partial charge is 0.0341 e. The molecule has 0 heterocycles. The number of nitrogens with zero attached hydrogens (tertiary/aromatic N) is 1. The number of hydrogen-bond acceptors (Lipinski definition) is 3. The fourth-order valence-electron chi connectivity index (χ4n) is 1.69. The number of benzene rings is 1. The van der Waals surface area contributed by atoms with Gasteiger partial charge < -0.3 is 16.0 Å². The molecule has 0 aliphatic heterocycles. The molecule has 0 aliphatic rings. The highest BCUT2D eigenvalue weighted by atomic mass is 15.1. The van der Waals surface area contributed by atoms with Crippen molar-refractivity contribution >= 4 is 11.4 Å². The zero-order valence-electron chi connectivity index (χ0n) is 10.9. The Morgan fingerprint density at radius 2 is 1.82 bits per heavy atom. The van der Waals surface area contributed by atoms with Gasteiger partial charge in [-0.15, -0.1) is 0 Å². The highest BCUT2D eigenvalue weighted by Gasteiger charge is 2.00. The minimum atomic E-state index is 0.782. The zero-order chi connectivity index (χ0) is 12.7. The summed E-state index contributed by atoms with van der Waals surface area (Å²) >= 11 is 0.